The molecule has 1 heterocycles. The fraction of sp³-hybridized carbons (Fsp3) is 1.00. The summed E-state index contributed by atoms with van der Waals surface area (Å²) in [6.07, 6.45) is -5.64. The Bertz CT molecular complexity index is 121. The minimum atomic E-state index is -4.58. The normalized spacial score (nSPS) is 27.0. The van der Waals surface area contributed by atoms with Gasteiger partial charge < -0.3 is 4.74 Å². The maximum atomic E-state index is 11.5. The highest BCUT2D eigenvalue weighted by Gasteiger charge is 2.34. The smallest absolute Gasteiger partial charge is 0.376 e. The number of ether oxygens (including phenoxy) is 2. The molecular weight excluding hydrogens is 163 g/mol. The molecule has 0 radical (unpaired) electrons. The van der Waals surface area contributed by atoms with Crippen LogP contribution in [0.3, 0.4) is 0 Å². The molecule has 1 atom stereocenters. The molecule has 0 aromatic carbocycles. The molecule has 1 rings (SSSR count). The highest BCUT2D eigenvalue weighted by atomic mass is 19.4. The van der Waals surface area contributed by atoms with Crippen molar-refractivity contribution in [3.8, 4) is 0 Å². The van der Waals surface area contributed by atoms with Gasteiger partial charge in [-0.15, -0.1) is 13.2 Å². The van der Waals surface area contributed by atoms with E-state index in [-0.39, 0.29) is 6.61 Å². The largest absolute Gasteiger partial charge is 0.524 e. The van der Waals surface area contributed by atoms with E-state index in [1.807, 2.05) is 0 Å². The van der Waals surface area contributed by atoms with Crippen LogP contribution in [0.1, 0.15) is 0 Å². The van der Waals surface area contributed by atoms with Crippen molar-refractivity contribution in [3.05, 3.63) is 0 Å². The second kappa shape index (κ2) is 3.38. The van der Waals surface area contributed by atoms with Gasteiger partial charge in [-0.1, -0.05) is 0 Å². The van der Waals surface area contributed by atoms with Gasteiger partial charge in [0, 0.05) is 6.54 Å². The van der Waals surface area contributed by atoms with E-state index in [4.69, 9.17) is 4.74 Å². The Morgan fingerprint density at radius 1 is 1.45 bits per heavy atom. The maximum Gasteiger partial charge on any atom is 0.524 e. The predicted molar refractivity (Wildman–Crippen MR) is 29.7 cm³/mol. The molecule has 0 aromatic rings. The molecule has 1 fully saturated rings. The van der Waals surface area contributed by atoms with E-state index < -0.39 is 12.6 Å². The first-order valence-electron chi connectivity index (χ1n) is 3.13. The standard InChI is InChI=1S/C5H8F3NO2/c6-5(7,8)11-4-3-10-2-1-9-4/h4,9H,1-3H2. The van der Waals surface area contributed by atoms with Gasteiger partial charge in [0.05, 0.1) is 13.2 Å². The molecule has 66 valence electrons. The Labute approximate surface area is 61.5 Å². The summed E-state index contributed by atoms with van der Waals surface area (Å²) in [6, 6.07) is 0. The monoisotopic (exact) mass is 171 g/mol. The molecule has 11 heavy (non-hydrogen) atoms. The lowest BCUT2D eigenvalue weighted by molar-refractivity contribution is -0.353. The van der Waals surface area contributed by atoms with Crippen molar-refractivity contribution < 1.29 is 22.6 Å². The molecule has 0 spiro atoms. The average molecular weight is 171 g/mol. The van der Waals surface area contributed by atoms with Crippen LogP contribution in [0, 0.1) is 0 Å². The van der Waals surface area contributed by atoms with E-state index in [0.29, 0.717) is 13.2 Å². The van der Waals surface area contributed by atoms with Crippen LogP contribution < -0.4 is 5.32 Å². The van der Waals surface area contributed by atoms with Crippen LogP contribution in [0.4, 0.5) is 13.2 Å². The number of alkyl halides is 3. The number of morpholine rings is 1. The summed E-state index contributed by atoms with van der Waals surface area (Å²) < 4.78 is 43.0. The molecule has 1 aliphatic rings. The summed E-state index contributed by atoms with van der Waals surface area (Å²) in [4.78, 5) is 0. The number of rotatable bonds is 1. The third-order valence-electron chi connectivity index (χ3n) is 1.16. The van der Waals surface area contributed by atoms with E-state index in [2.05, 4.69) is 10.1 Å². The zero-order valence-electron chi connectivity index (χ0n) is 5.65. The Kier molecular flexibility index (Phi) is 2.69. The fourth-order valence-corrected chi connectivity index (χ4v) is 0.778. The summed E-state index contributed by atoms with van der Waals surface area (Å²) in [5, 5.41) is 2.51. The Morgan fingerprint density at radius 3 is 2.64 bits per heavy atom. The van der Waals surface area contributed by atoms with Crippen LogP contribution in [0.2, 0.25) is 0 Å². The van der Waals surface area contributed by atoms with Crippen molar-refractivity contribution in [2.75, 3.05) is 19.8 Å². The van der Waals surface area contributed by atoms with Gasteiger partial charge in [0.15, 0.2) is 0 Å². The lowest BCUT2D eigenvalue weighted by Gasteiger charge is -2.24. The van der Waals surface area contributed by atoms with Crippen molar-refractivity contribution in [1.29, 1.82) is 0 Å². The Balaban J connectivity index is 2.24. The zero-order chi connectivity index (χ0) is 8.32. The molecular formula is C5H8F3NO2. The van der Waals surface area contributed by atoms with Gasteiger partial charge in [0.2, 0.25) is 0 Å². The zero-order valence-corrected chi connectivity index (χ0v) is 5.65. The van der Waals surface area contributed by atoms with Crippen LogP contribution in [0.25, 0.3) is 0 Å². The van der Waals surface area contributed by atoms with Crippen molar-refractivity contribution in [2.24, 2.45) is 0 Å². The first-order chi connectivity index (χ1) is 5.08. The van der Waals surface area contributed by atoms with Crippen molar-refractivity contribution in [3.63, 3.8) is 0 Å². The van der Waals surface area contributed by atoms with Crippen LogP contribution in [0.15, 0.2) is 0 Å². The molecule has 0 aromatic heterocycles. The van der Waals surface area contributed by atoms with Crippen LogP contribution in [-0.4, -0.2) is 32.3 Å². The molecule has 1 unspecified atom stereocenters. The van der Waals surface area contributed by atoms with E-state index in [1.54, 1.807) is 0 Å². The topological polar surface area (TPSA) is 30.5 Å². The average Bonchev–Trinajstić information content (AvgIpc) is 1.85. The highest BCUT2D eigenvalue weighted by Crippen LogP contribution is 2.18. The Hall–Kier alpha value is -0.330. The number of nitrogens with one attached hydrogen (secondary N) is 1. The third kappa shape index (κ3) is 3.54. The van der Waals surface area contributed by atoms with Gasteiger partial charge in [-0.3, -0.25) is 10.1 Å². The molecule has 0 aliphatic carbocycles. The summed E-state index contributed by atoms with van der Waals surface area (Å²) in [5.74, 6) is 0. The fourth-order valence-electron chi connectivity index (χ4n) is 0.778. The molecule has 0 bridgehead atoms. The minimum Gasteiger partial charge on any atom is -0.376 e. The first kappa shape index (κ1) is 8.76. The van der Waals surface area contributed by atoms with E-state index in [1.165, 1.54) is 0 Å². The van der Waals surface area contributed by atoms with Gasteiger partial charge >= 0.3 is 6.36 Å². The lowest BCUT2D eigenvalue weighted by Crippen LogP contribution is -2.45. The SMILES string of the molecule is FC(F)(F)OC1COCCN1. The summed E-state index contributed by atoms with van der Waals surface area (Å²) in [7, 11) is 0. The Morgan fingerprint density at radius 2 is 2.18 bits per heavy atom. The molecule has 0 saturated carbocycles. The van der Waals surface area contributed by atoms with E-state index >= 15 is 0 Å². The van der Waals surface area contributed by atoms with Gasteiger partial charge in [0.1, 0.15) is 6.23 Å². The van der Waals surface area contributed by atoms with Crippen LogP contribution in [0.5, 0.6) is 0 Å². The maximum absolute atomic E-state index is 11.5. The highest BCUT2D eigenvalue weighted by molar-refractivity contribution is 4.60. The predicted octanol–water partition coefficient (Wildman–Crippen LogP) is 0.469. The van der Waals surface area contributed by atoms with Gasteiger partial charge in [-0.25, -0.2) is 0 Å². The van der Waals surface area contributed by atoms with Gasteiger partial charge in [0.25, 0.3) is 0 Å². The minimum absolute atomic E-state index is 0.0560. The van der Waals surface area contributed by atoms with Gasteiger partial charge in [-0.2, -0.15) is 0 Å². The van der Waals surface area contributed by atoms with Crippen molar-refractivity contribution >= 4 is 0 Å². The molecule has 1 saturated heterocycles. The second-order valence-electron chi connectivity index (χ2n) is 2.08. The van der Waals surface area contributed by atoms with Crippen molar-refractivity contribution in [2.45, 2.75) is 12.6 Å². The van der Waals surface area contributed by atoms with E-state index in [9.17, 15) is 13.2 Å². The lowest BCUT2D eigenvalue weighted by atomic mass is 10.5. The molecule has 1 aliphatic heterocycles. The second-order valence-corrected chi connectivity index (χ2v) is 2.08. The van der Waals surface area contributed by atoms with Gasteiger partial charge in [-0.05, 0) is 0 Å². The molecule has 6 heteroatoms. The first-order valence-corrected chi connectivity index (χ1v) is 3.13. The summed E-state index contributed by atoms with van der Waals surface area (Å²) in [6.45, 7) is 0.762. The number of halogens is 3. The molecule has 3 nitrogen and oxygen atoms in total. The van der Waals surface area contributed by atoms with Crippen LogP contribution >= 0.6 is 0 Å². The quantitative estimate of drug-likeness (QED) is 0.622. The van der Waals surface area contributed by atoms with Crippen LogP contribution in [-0.2, 0) is 9.47 Å². The summed E-state index contributed by atoms with van der Waals surface area (Å²) >= 11 is 0. The number of hydrogen-bond donors (Lipinski definition) is 1. The summed E-state index contributed by atoms with van der Waals surface area (Å²) in [5.41, 5.74) is 0. The van der Waals surface area contributed by atoms with Crippen molar-refractivity contribution in [1.82, 2.24) is 5.32 Å². The van der Waals surface area contributed by atoms with E-state index in [0.717, 1.165) is 0 Å². The molecule has 1 N–H and O–H groups in total. The molecule has 0 amide bonds. The third-order valence-corrected chi connectivity index (χ3v) is 1.16. The number of hydrogen-bond acceptors (Lipinski definition) is 3.